The number of aliphatic hydroxyl groups excluding tert-OH is 3. The highest BCUT2D eigenvalue weighted by Crippen LogP contribution is 2.34. The quantitative estimate of drug-likeness (QED) is 0.480. The van der Waals surface area contributed by atoms with E-state index in [0.717, 1.165) is 5.52 Å². The molecular weight excluding hydrogens is 286 g/mol. The molecule has 4 rings (SSSR count). The first-order valence-electron chi connectivity index (χ1n) is 6.97. The van der Waals surface area contributed by atoms with Gasteiger partial charge in [0.15, 0.2) is 0 Å². The van der Waals surface area contributed by atoms with Crippen LogP contribution in [0.2, 0.25) is 0 Å². The first kappa shape index (κ1) is 13.4. The van der Waals surface area contributed by atoms with Gasteiger partial charge in [-0.25, -0.2) is 15.0 Å². The fourth-order valence-corrected chi connectivity index (χ4v) is 3.12. The fraction of sp³-hybridized carbons (Fsp3) is 0.357. The second-order valence-electron chi connectivity index (χ2n) is 5.62. The van der Waals surface area contributed by atoms with E-state index in [1.165, 1.54) is 6.33 Å². The molecular formula is C14H15N5O3. The van der Waals surface area contributed by atoms with Crippen molar-refractivity contribution in [3.63, 3.8) is 0 Å². The van der Waals surface area contributed by atoms with Crippen molar-refractivity contribution in [2.24, 2.45) is 0 Å². The van der Waals surface area contributed by atoms with Gasteiger partial charge in [-0.2, -0.15) is 0 Å². The summed E-state index contributed by atoms with van der Waals surface area (Å²) < 4.78 is 1.76. The summed E-state index contributed by atoms with van der Waals surface area (Å²) in [7, 11) is 0. The maximum Gasteiger partial charge on any atom is 0.134 e. The summed E-state index contributed by atoms with van der Waals surface area (Å²) >= 11 is 0. The Balaban J connectivity index is 1.90. The SMILES string of the molecule is Nc1ncnc2cc3c(cc12)ncn3[C@@H]1C[C@H](O)[C@@H](O)[C@H]1O. The van der Waals surface area contributed by atoms with Crippen molar-refractivity contribution >= 4 is 27.8 Å². The molecule has 1 aromatic carbocycles. The Bertz CT molecular complexity index is 864. The average Bonchev–Trinajstić information content (AvgIpc) is 3.02. The molecule has 0 amide bonds. The molecule has 1 fully saturated rings. The van der Waals surface area contributed by atoms with Crippen LogP contribution in [-0.4, -0.2) is 53.2 Å². The third-order valence-electron chi connectivity index (χ3n) is 4.34. The molecule has 3 aromatic rings. The number of imidazole rings is 1. The fourth-order valence-electron chi connectivity index (χ4n) is 3.12. The van der Waals surface area contributed by atoms with Crippen LogP contribution in [0.3, 0.4) is 0 Å². The molecule has 2 aromatic heterocycles. The molecule has 0 bridgehead atoms. The highest BCUT2D eigenvalue weighted by Gasteiger charge is 2.41. The van der Waals surface area contributed by atoms with Gasteiger partial charge in [-0.3, -0.25) is 0 Å². The lowest BCUT2D eigenvalue weighted by atomic mass is 10.1. The standard InChI is InChI=1S/C14H15N5O3/c15-14-6-1-8-9(2-7(6)16-4-17-14)19(5-18-8)10-3-11(20)13(22)12(10)21/h1-2,4-5,10-13,20-22H,3H2,(H2,15,16,17)/t10-,11+,12+,13-/m1/s1. The number of hydrogen-bond donors (Lipinski definition) is 4. The summed E-state index contributed by atoms with van der Waals surface area (Å²) in [5, 5.41) is 30.3. The minimum atomic E-state index is -1.15. The van der Waals surface area contributed by atoms with E-state index in [9.17, 15) is 15.3 Å². The normalized spacial score (nSPS) is 28.7. The van der Waals surface area contributed by atoms with Crippen molar-refractivity contribution < 1.29 is 15.3 Å². The summed E-state index contributed by atoms with van der Waals surface area (Å²) in [4.78, 5) is 12.5. The van der Waals surface area contributed by atoms with Crippen LogP contribution in [-0.2, 0) is 0 Å². The number of anilines is 1. The third kappa shape index (κ3) is 1.78. The van der Waals surface area contributed by atoms with Gasteiger partial charge in [-0.1, -0.05) is 0 Å². The first-order chi connectivity index (χ1) is 10.6. The number of nitrogens with zero attached hydrogens (tertiary/aromatic N) is 4. The third-order valence-corrected chi connectivity index (χ3v) is 4.34. The van der Waals surface area contributed by atoms with Crippen molar-refractivity contribution in [1.29, 1.82) is 0 Å². The number of rotatable bonds is 1. The van der Waals surface area contributed by atoms with E-state index in [2.05, 4.69) is 15.0 Å². The zero-order valence-corrected chi connectivity index (χ0v) is 11.5. The largest absolute Gasteiger partial charge is 0.390 e. The zero-order chi connectivity index (χ0) is 15.4. The minimum absolute atomic E-state index is 0.262. The van der Waals surface area contributed by atoms with Crippen LogP contribution < -0.4 is 5.73 Å². The van der Waals surface area contributed by atoms with Crippen LogP contribution in [0, 0.1) is 0 Å². The number of aliphatic hydroxyl groups is 3. The predicted octanol–water partition coefficient (Wildman–Crippen LogP) is -0.411. The molecule has 1 aliphatic carbocycles. The summed E-state index contributed by atoms with van der Waals surface area (Å²) in [6, 6.07) is 3.18. The number of hydrogen-bond acceptors (Lipinski definition) is 7. The Kier molecular flexibility index (Phi) is 2.80. The molecule has 1 saturated carbocycles. The minimum Gasteiger partial charge on any atom is -0.390 e. The first-order valence-corrected chi connectivity index (χ1v) is 6.97. The monoisotopic (exact) mass is 301 g/mol. The Morgan fingerprint density at radius 1 is 1.05 bits per heavy atom. The number of aromatic nitrogens is 4. The number of nitrogens with two attached hydrogens (primary N) is 1. The molecule has 4 atom stereocenters. The van der Waals surface area contributed by atoms with Gasteiger partial charge in [0.05, 0.1) is 35.0 Å². The predicted molar refractivity (Wildman–Crippen MR) is 78.9 cm³/mol. The Labute approximate surface area is 124 Å². The van der Waals surface area contributed by atoms with Crippen LogP contribution in [0.5, 0.6) is 0 Å². The van der Waals surface area contributed by atoms with Crippen molar-refractivity contribution in [3.05, 3.63) is 24.8 Å². The Morgan fingerprint density at radius 3 is 2.59 bits per heavy atom. The highest BCUT2D eigenvalue weighted by atomic mass is 16.4. The lowest BCUT2D eigenvalue weighted by Gasteiger charge is -2.18. The summed E-state index contributed by atoms with van der Waals surface area (Å²) in [6.45, 7) is 0. The number of benzene rings is 1. The lowest BCUT2D eigenvalue weighted by Crippen LogP contribution is -2.31. The van der Waals surface area contributed by atoms with Gasteiger partial charge >= 0.3 is 0 Å². The molecule has 8 nitrogen and oxygen atoms in total. The van der Waals surface area contributed by atoms with E-state index in [0.29, 0.717) is 22.2 Å². The summed E-state index contributed by atoms with van der Waals surface area (Å²) in [5.41, 5.74) is 7.97. The maximum absolute atomic E-state index is 10.1. The van der Waals surface area contributed by atoms with E-state index in [1.54, 1.807) is 17.0 Å². The zero-order valence-electron chi connectivity index (χ0n) is 11.5. The second-order valence-corrected chi connectivity index (χ2v) is 5.62. The van der Waals surface area contributed by atoms with E-state index < -0.39 is 24.4 Å². The van der Waals surface area contributed by atoms with Gasteiger partial charge in [0.2, 0.25) is 0 Å². The molecule has 22 heavy (non-hydrogen) atoms. The van der Waals surface area contributed by atoms with Crippen LogP contribution >= 0.6 is 0 Å². The molecule has 0 spiro atoms. The summed E-state index contributed by atoms with van der Waals surface area (Å²) in [6.07, 6.45) is 0.0985. The molecule has 0 unspecified atom stereocenters. The number of fused-ring (bicyclic) bond motifs is 2. The van der Waals surface area contributed by atoms with Crippen LogP contribution in [0.25, 0.3) is 21.9 Å². The van der Waals surface area contributed by atoms with Crippen molar-refractivity contribution in [3.8, 4) is 0 Å². The summed E-state index contributed by atoms with van der Waals surface area (Å²) in [5.74, 6) is 0.383. The van der Waals surface area contributed by atoms with Gasteiger partial charge in [0.25, 0.3) is 0 Å². The smallest absolute Gasteiger partial charge is 0.134 e. The van der Waals surface area contributed by atoms with Crippen molar-refractivity contribution in [2.75, 3.05) is 5.73 Å². The molecule has 1 aliphatic rings. The van der Waals surface area contributed by atoms with E-state index in [1.807, 2.05) is 6.07 Å². The van der Waals surface area contributed by atoms with Crippen molar-refractivity contribution in [2.45, 2.75) is 30.8 Å². The van der Waals surface area contributed by atoms with Crippen LogP contribution in [0.4, 0.5) is 5.82 Å². The molecule has 0 saturated heterocycles. The Hall–Kier alpha value is -2.29. The van der Waals surface area contributed by atoms with Gasteiger partial charge in [0.1, 0.15) is 24.4 Å². The molecule has 114 valence electrons. The van der Waals surface area contributed by atoms with Gasteiger partial charge in [0, 0.05) is 5.39 Å². The Morgan fingerprint density at radius 2 is 1.86 bits per heavy atom. The molecule has 0 radical (unpaired) electrons. The lowest BCUT2D eigenvalue weighted by molar-refractivity contribution is -0.0244. The second kappa shape index (κ2) is 4.60. The van der Waals surface area contributed by atoms with Crippen LogP contribution in [0.1, 0.15) is 12.5 Å². The van der Waals surface area contributed by atoms with Gasteiger partial charge in [-0.15, -0.1) is 0 Å². The van der Waals surface area contributed by atoms with E-state index >= 15 is 0 Å². The molecule has 5 N–H and O–H groups in total. The maximum atomic E-state index is 10.1. The molecule has 0 aliphatic heterocycles. The van der Waals surface area contributed by atoms with Crippen LogP contribution in [0.15, 0.2) is 24.8 Å². The molecule has 8 heteroatoms. The molecule has 2 heterocycles. The van der Waals surface area contributed by atoms with Gasteiger partial charge < -0.3 is 25.6 Å². The van der Waals surface area contributed by atoms with E-state index in [-0.39, 0.29) is 6.42 Å². The topological polar surface area (TPSA) is 130 Å². The van der Waals surface area contributed by atoms with Gasteiger partial charge in [-0.05, 0) is 18.6 Å². The number of nitrogen functional groups attached to an aromatic ring is 1. The van der Waals surface area contributed by atoms with Crippen molar-refractivity contribution in [1.82, 2.24) is 19.5 Å². The van der Waals surface area contributed by atoms with E-state index in [4.69, 9.17) is 5.73 Å². The average molecular weight is 301 g/mol. The highest BCUT2D eigenvalue weighted by molar-refractivity contribution is 5.97.